The third-order valence-corrected chi connectivity index (χ3v) is 3.91. The third kappa shape index (κ3) is 7.86. The lowest BCUT2D eigenvalue weighted by Crippen LogP contribution is -2.38. The molecule has 2 rings (SSSR count). The number of hydrogen-bond donors (Lipinski definition) is 2. The number of aliphatic imine (C=N–C) groups is 1. The fraction of sp³-hybridized carbons (Fsp3) is 0.400. The van der Waals surface area contributed by atoms with Crippen molar-refractivity contribution in [3.05, 3.63) is 65.5 Å². The molecule has 25 heavy (non-hydrogen) atoms. The lowest BCUT2D eigenvalue weighted by Gasteiger charge is -2.14. The minimum absolute atomic E-state index is 0. The first-order chi connectivity index (χ1) is 11.7. The monoisotopic (exact) mass is 452 g/mol. The summed E-state index contributed by atoms with van der Waals surface area (Å²) in [6.45, 7) is 8.77. The van der Waals surface area contributed by atoms with Crippen LogP contribution < -0.4 is 10.6 Å². The average Bonchev–Trinajstić information content (AvgIpc) is 2.62. The topological polar surface area (TPSA) is 49.3 Å². The summed E-state index contributed by atoms with van der Waals surface area (Å²) in [5, 5.41) is 6.71. The molecule has 0 spiro atoms. The van der Waals surface area contributed by atoms with E-state index in [1.165, 1.54) is 11.1 Å². The van der Waals surface area contributed by atoms with Gasteiger partial charge in [0.25, 0.3) is 0 Å². The Morgan fingerprint density at radius 1 is 1.12 bits per heavy atom. The van der Waals surface area contributed by atoms with Crippen LogP contribution in [-0.4, -0.2) is 30.6 Å². The summed E-state index contributed by atoms with van der Waals surface area (Å²) in [6, 6.07) is 14.7. The molecule has 136 valence electrons. The first-order valence-corrected chi connectivity index (χ1v) is 8.67. The van der Waals surface area contributed by atoms with Gasteiger partial charge in [-0.25, -0.2) is 0 Å². The minimum atomic E-state index is 0. The van der Waals surface area contributed by atoms with E-state index in [0.29, 0.717) is 5.92 Å². The molecule has 1 unspecified atom stereocenters. The van der Waals surface area contributed by atoms with Gasteiger partial charge in [-0.2, -0.15) is 0 Å². The molecule has 0 fully saturated rings. The van der Waals surface area contributed by atoms with Crippen molar-refractivity contribution in [2.24, 2.45) is 4.99 Å². The van der Waals surface area contributed by atoms with Crippen molar-refractivity contribution in [1.82, 2.24) is 15.6 Å². The Morgan fingerprint density at radius 3 is 2.52 bits per heavy atom. The fourth-order valence-corrected chi connectivity index (χ4v) is 2.43. The largest absolute Gasteiger partial charge is 0.357 e. The molecule has 0 amide bonds. The van der Waals surface area contributed by atoms with Gasteiger partial charge in [-0.3, -0.25) is 9.98 Å². The molecule has 0 bridgehead atoms. The Morgan fingerprint density at radius 2 is 1.88 bits per heavy atom. The molecular formula is C20H29IN4. The number of rotatable bonds is 7. The first-order valence-electron chi connectivity index (χ1n) is 8.67. The van der Waals surface area contributed by atoms with Crippen molar-refractivity contribution in [3.63, 3.8) is 0 Å². The minimum Gasteiger partial charge on any atom is -0.357 e. The van der Waals surface area contributed by atoms with Crippen LogP contribution in [-0.2, 0) is 6.42 Å². The van der Waals surface area contributed by atoms with Gasteiger partial charge in [0, 0.05) is 37.4 Å². The summed E-state index contributed by atoms with van der Waals surface area (Å²) >= 11 is 0. The molecule has 5 heteroatoms. The van der Waals surface area contributed by atoms with Gasteiger partial charge in [0.15, 0.2) is 5.96 Å². The molecule has 2 N–H and O–H groups in total. The second kappa shape index (κ2) is 11.8. The zero-order valence-corrected chi connectivity index (χ0v) is 17.7. The highest BCUT2D eigenvalue weighted by molar-refractivity contribution is 14.0. The normalized spacial score (nSPS) is 12.2. The lowest BCUT2D eigenvalue weighted by atomic mass is 10.0. The summed E-state index contributed by atoms with van der Waals surface area (Å²) in [4.78, 5) is 9.05. The van der Waals surface area contributed by atoms with Gasteiger partial charge in [0.2, 0.25) is 0 Å². The van der Waals surface area contributed by atoms with Crippen LogP contribution in [0.25, 0.3) is 0 Å². The molecule has 4 nitrogen and oxygen atoms in total. The van der Waals surface area contributed by atoms with Crippen LogP contribution >= 0.6 is 24.0 Å². The van der Waals surface area contributed by atoms with Gasteiger partial charge in [0.05, 0.1) is 0 Å². The Bertz CT molecular complexity index is 626. The van der Waals surface area contributed by atoms with E-state index >= 15 is 0 Å². The zero-order valence-electron chi connectivity index (χ0n) is 15.3. The molecule has 0 aliphatic carbocycles. The molecule has 0 radical (unpaired) electrons. The highest BCUT2D eigenvalue weighted by atomic mass is 127. The molecule has 0 aliphatic heterocycles. The van der Waals surface area contributed by atoms with E-state index in [0.717, 1.165) is 37.7 Å². The highest BCUT2D eigenvalue weighted by Gasteiger charge is 2.05. The van der Waals surface area contributed by atoms with E-state index < -0.39 is 0 Å². The predicted octanol–water partition coefficient (Wildman–Crippen LogP) is 3.91. The second-order valence-electron chi connectivity index (χ2n) is 6.02. The average molecular weight is 452 g/mol. The predicted molar refractivity (Wildman–Crippen MR) is 117 cm³/mol. The Labute approximate surface area is 168 Å². The number of benzene rings is 1. The quantitative estimate of drug-likeness (QED) is 0.381. The van der Waals surface area contributed by atoms with Crippen molar-refractivity contribution >= 4 is 29.9 Å². The zero-order chi connectivity index (χ0) is 17.2. The molecule has 1 heterocycles. The lowest BCUT2D eigenvalue weighted by molar-refractivity contribution is 0.745. The Balaban J connectivity index is 0.00000312. The number of pyridine rings is 1. The van der Waals surface area contributed by atoms with Gasteiger partial charge in [-0.1, -0.05) is 43.3 Å². The number of aryl methyl sites for hydroxylation is 1. The molecule has 1 atom stereocenters. The number of hydrogen-bond acceptors (Lipinski definition) is 2. The summed E-state index contributed by atoms with van der Waals surface area (Å²) in [6.07, 6.45) is 2.88. The van der Waals surface area contributed by atoms with Crippen LogP contribution in [0.2, 0.25) is 0 Å². The van der Waals surface area contributed by atoms with Crippen LogP contribution in [0.15, 0.2) is 53.7 Å². The van der Waals surface area contributed by atoms with E-state index in [9.17, 15) is 0 Å². The van der Waals surface area contributed by atoms with Gasteiger partial charge in [0.1, 0.15) is 0 Å². The van der Waals surface area contributed by atoms with E-state index in [1.807, 2.05) is 19.2 Å². The van der Waals surface area contributed by atoms with E-state index in [1.54, 1.807) is 0 Å². The Hall–Kier alpha value is -1.63. The molecular weight excluding hydrogens is 423 g/mol. The highest BCUT2D eigenvalue weighted by Crippen LogP contribution is 2.14. The Kier molecular flexibility index (Phi) is 10.1. The summed E-state index contributed by atoms with van der Waals surface area (Å²) in [7, 11) is 0. The maximum Gasteiger partial charge on any atom is 0.191 e. The summed E-state index contributed by atoms with van der Waals surface area (Å²) in [5.74, 6) is 1.28. The number of guanidine groups is 1. The number of nitrogens with zero attached hydrogens (tertiary/aromatic N) is 2. The smallest absolute Gasteiger partial charge is 0.191 e. The van der Waals surface area contributed by atoms with Crippen LogP contribution in [0.5, 0.6) is 0 Å². The molecule has 0 aliphatic rings. The standard InChI is InChI=1S/C20H28N4.HI/c1-4-21-20(22-13-12-18-11-10-17(3)23-15-18)24-14-16(2)19-8-6-5-7-9-19;/h5-11,15-16H,4,12-14H2,1-3H3,(H2,21,22,24);1H. The number of halogens is 1. The van der Waals surface area contributed by atoms with Crippen molar-refractivity contribution in [3.8, 4) is 0 Å². The van der Waals surface area contributed by atoms with Crippen molar-refractivity contribution < 1.29 is 0 Å². The third-order valence-electron chi connectivity index (χ3n) is 3.91. The first kappa shape index (κ1) is 21.4. The fourth-order valence-electron chi connectivity index (χ4n) is 2.43. The van der Waals surface area contributed by atoms with Gasteiger partial charge < -0.3 is 10.6 Å². The maximum atomic E-state index is 4.71. The van der Waals surface area contributed by atoms with Crippen molar-refractivity contribution in [1.29, 1.82) is 0 Å². The second-order valence-corrected chi connectivity index (χ2v) is 6.02. The van der Waals surface area contributed by atoms with E-state index in [-0.39, 0.29) is 24.0 Å². The summed E-state index contributed by atoms with van der Waals surface area (Å²) < 4.78 is 0. The molecule has 0 saturated carbocycles. The number of aromatic nitrogens is 1. The van der Waals surface area contributed by atoms with Crippen LogP contribution in [0.4, 0.5) is 0 Å². The number of nitrogens with one attached hydrogen (secondary N) is 2. The van der Waals surface area contributed by atoms with Crippen molar-refractivity contribution in [2.75, 3.05) is 19.6 Å². The van der Waals surface area contributed by atoms with E-state index in [2.05, 4.69) is 65.9 Å². The van der Waals surface area contributed by atoms with Crippen molar-refractivity contribution in [2.45, 2.75) is 33.1 Å². The molecule has 1 aromatic carbocycles. The van der Waals surface area contributed by atoms with Gasteiger partial charge in [-0.05, 0) is 37.5 Å². The maximum absolute atomic E-state index is 4.71. The molecule has 2 aromatic rings. The van der Waals surface area contributed by atoms with Crippen LogP contribution in [0, 0.1) is 6.92 Å². The van der Waals surface area contributed by atoms with Crippen LogP contribution in [0.3, 0.4) is 0 Å². The van der Waals surface area contributed by atoms with Crippen LogP contribution in [0.1, 0.15) is 36.6 Å². The molecule has 1 aromatic heterocycles. The van der Waals surface area contributed by atoms with Gasteiger partial charge >= 0.3 is 0 Å². The van der Waals surface area contributed by atoms with Gasteiger partial charge in [-0.15, -0.1) is 24.0 Å². The molecule has 0 saturated heterocycles. The van der Waals surface area contributed by atoms with E-state index in [4.69, 9.17) is 4.99 Å². The summed E-state index contributed by atoms with van der Waals surface area (Å²) in [5.41, 5.74) is 3.61. The SMILES string of the molecule is CCNC(=NCC(C)c1ccccc1)NCCc1ccc(C)nc1.I.